The number of benzene rings is 4. The zero-order valence-corrected chi connectivity index (χ0v) is 22.3. The molecular weight excluding hydrogens is 504 g/mol. The molecule has 5 nitrogen and oxygen atoms in total. The van der Waals surface area contributed by atoms with Crippen LogP contribution in [0.15, 0.2) is 108 Å². The van der Waals surface area contributed by atoms with Gasteiger partial charge in [0.15, 0.2) is 0 Å². The van der Waals surface area contributed by atoms with Crippen LogP contribution in [0.5, 0.6) is 0 Å². The third kappa shape index (κ3) is 6.21. The predicted molar refractivity (Wildman–Crippen MR) is 149 cm³/mol. The molecule has 0 heterocycles. The fraction of sp³-hybridized carbons (Fsp3) is 0.167. The molecule has 1 N–H and O–H groups in total. The summed E-state index contributed by atoms with van der Waals surface area (Å²) in [5, 5.41) is 3.65. The molecular formula is C30H29ClN2O3S. The van der Waals surface area contributed by atoms with Crippen LogP contribution in [-0.4, -0.2) is 14.3 Å². The molecule has 1 amide bonds. The summed E-state index contributed by atoms with van der Waals surface area (Å²) in [4.78, 5) is 13.7. The first-order chi connectivity index (χ1) is 17.8. The second kappa shape index (κ2) is 11.6. The van der Waals surface area contributed by atoms with Gasteiger partial charge in [-0.05, 0) is 60.9 Å². The molecule has 0 unspecified atom stereocenters. The number of carbonyl (C=O) groups is 1. The van der Waals surface area contributed by atoms with E-state index in [1.165, 1.54) is 4.31 Å². The van der Waals surface area contributed by atoms with E-state index in [2.05, 4.69) is 5.32 Å². The van der Waals surface area contributed by atoms with E-state index in [1.54, 1.807) is 72.8 Å². The van der Waals surface area contributed by atoms with Crippen LogP contribution >= 0.6 is 11.6 Å². The van der Waals surface area contributed by atoms with Crippen LogP contribution < -0.4 is 9.62 Å². The second-order valence-corrected chi connectivity index (χ2v) is 11.1. The molecule has 0 spiro atoms. The van der Waals surface area contributed by atoms with Gasteiger partial charge in [-0.2, -0.15) is 0 Å². The molecule has 7 heteroatoms. The number of sulfonamides is 1. The maximum atomic E-state index is 14.0. The minimum atomic E-state index is -4.00. The van der Waals surface area contributed by atoms with Gasteiger partial charge in [0.05, 0.1) is 28.7 Å². The maximum absolute atomic E-state index is 14.0. The Kier molecular flexibility index (Phi) is 8.31. The first-order valence-corrected chi connectivity index (χ1v) is 13.9. The average molecular weight is 533 g/mol. The van der Waals surface area contributed by atoms with Crippen LogP contribution in [0.3, 0.4) is 0 Å². The van der Waals surface area contributed by atoms with E-state index in [0.29, 0.717) is 17.1 Å². The van der Waals surface area contributed by atoms with Crippen molar-refractivity contribution >= 4 is 33.2 Å². The number of rotatable bonds is 9. The number of hydrogen-bond donors (Lipinski definition) is 1. The monoisotopic (exact) mass is 532 g/mol. The molecule has 0 aromatic heterocycles. The predicted octanol–water partition coefficient (Wildman–Crippen LogP) is 6.93. The Morgan fingerprint density at radius 1 is 0.865 bits per heavy atom. The molecule has 0 aliphatic rings. The van der Waals surface area contributed by atoms with Crippen LogP contribution in [0.2, 0.25) is 5.02 Å². The van der Waals surface area contributed by atoms with Crippen molar-refractivity contribution in [1.82, 2.24) is 5.32 Å². The van der Waals surface area contributed by atoms with Gasteiger partial charge in [-0.1, -0.05) is 90.8 Å². The fourth-order valence-electron chi connectivity index (χ4n) is 4.12. The lowest BCUT2D eigenvalue weighted by molar-refractivity contribution is 0.0936. The SMILES string of the molecule is CC[C@@H](NC(=O)c1ccccc1N(Cc1ccc(Cl)cc1)S(=O)(=O)c1ccc(C)cc1)c1ccccc1. The van der Waals surface area contributed by atoms with Crippen molar-refractivity contribution in [3.63, 3.8) is 0 Å². The van der Waals surface area contributed by atoms with E-state index < -0.39 is 10.0 Å². The molecule has 4 aromatic carbocycles. The van der Waals surface area contributed by atoms with E-state index in [1.807, 2.05) is 44.2 Å². The fourth-order valence-corrected chi connectivity index (χ4v) is 5.72. The number of anilines is 1. The highest BCUT2D eigenvalue weighted by atomic mass is 35.5. The second-order valence-electron chi connectivity index (χ2n) is 8.81. The summed E-state index contributed by atoms with van der Waals surface area (Å²) in [5.74, 6) is -0.341. The number of nitrogens with zero attached hydrogens (tertiary/aromatic N) is 1. The first-order valence-electron chi connectivity index (χ1n) is 12.1. The van der Waals surface area contributed by atoms with Crippen LogP contribution in [0.25, 0.3) is 0 Å². The molecule has 1 atom stereocenters. The summed E-state index contributed by atoms with van der Waals surface area (Å²) in [6.07, 6.45) is 0.689. The standard InChI is InChI=1S/C30H29ClN2O3S/c1-3-28(24-9-5-4-6-10-24)32-30(34)27-11-7-8-12-29(27)33(21-23-15-17-25(31)18-16-23)37(35,36)26-19-13-22(2)14-20-26/h4-20,28H,3,21H2,1-2H3,(H,32,34)/t28-/m1/s1. The van der Waals surface area contributed by atoms with Crippen molar-refractivity contribution < 1.29 is 13.2 Å². The Hall–Kier alpha value is -3.61. The molecule has 190 valence electrons. The van der Waals surface area contributed by atoms with Gasteiger partial charge < -0.3 is 5.32 Å². The number of hydrogen-bond acceptors (Lipinski definition) is 3. The lowest BCUT2D eigenvalue weighted by Gasteiger charge is -2.27. The lowest BCUT2D eigenvalue weighted by Crippen LogP contribution is -2.34. The Bertz CT molecular complexity index is 1460. The zero-order chi connectivity index (χ0) is 26.4. The summed E-state index contributed by atoms with van der Waals surface area (Å²) >= 11 is 6.06. The minimum Gasteiger partial charge on any atom is -0.345 e. The smallest absolute Gasteiger partial charge is 0.264 e. The number of amides is 1. The molecule has 0 aliphatic heterocycles. The van der Waals surface area contributed by atoms with Crippen molar-refractivity contribution in [2.24, 2.45) is 0 Å². The summed E-state index contributed by atoms with van der Waals surface area (Å²) in [6, 6.07) is 30.0. The number of carbonyl (C=O) groups excluding carboxylic acids is 1. The summed E-state index contributed by atoms with van der Waals surface area (Å²) < 4.78 is 29.2. The maximum Gasteiger partial charge on any atom is 0.264 e. The molecule has 0 saturated carbocycles. The van der Waals surface area contributed by atoms with Gasteiger partial charge in [0.1, 0.15) is 0 Å². The van der Waals surface area contributed by atoms with Crippen molar-refractivity contribution in [3.05, 3.63) is 130 Å². The highest BCUT2D eigenvalue weighted by Crippen LogP contribution is 2.30. The van der Waals surface area contributed by atoms with E-state index in [4.69, 9.17) is 11.6 Å². The number of para-hydroxylation sites is 1. The van der Waals surface area contributed by atoms with Gasteiger partial charge in [-0.25, -0.2) is 8.42 Å². The topological polar surface area (TPSA) is 66.5 Å². The number of aryl methyl sites for hydroxylation is 1. The van der Waals surface area contributed by atoms with Gasteiger partial charge in [-0.3, -0.25) is 9.10 Å². The lowest BCUT2D eigenvalue weighted by atomic mass is 10.0. The number of halogens is 1. The van der Waals surface area contributed by atoms with Gasteiger partial charge in [-0.15, -0.1) is 0 Å². The molecule has 0 radical (unpaired) electrons. The normalized spacial score (nSPS) is 12.1. The largest absolute Gasteiger partial charge is 0.345 e. The zero-order valence-electron chi connectivity index (χ0n) is 20.8. The molecule has 0 bridgehead atoms. The van der Waals surface area contributed by atoms with E-state index in [0.717, 1.165) is 16.7 Å². The Morgan fingerprint density at radius 2 is 1.49 bits per heavy atom. The molecule has 0 aliphatic carbocycles. The summed E-state index contributed by atoms with van der Waals surface area (Å²) in [6.45, 7) is 3.94. The quantitative estimate of drug-likeness (QED) is 0.254. The van der Waals surface area contributed by atoms with Crippen molar-refractivity contribution in [3.8, 4) is 0 Å². The molecule has 37 heavy (non-hydrogen) atoms. The van der Waals surface area contributed by atoms with Crippen molar-refractivity contribution in [2.45, 2.75) is 37.8 Å². The summed E-state index contributed by atoms with van der Waals surface area (Å²) in [5.41, 5.74) is 3.27. The van der Waals surface area contributed by atoms with E-state index >= 15 is 0 Å². The average Bonchev–Trinajstić information content (AvgIpc) is 2.92. The number of nitrogens with one attached hydrogen (secondary N) is 1. The minimum absolute atomic E-state index is 0.0353. The first kappa shape index (κ1) is 26.5. The third-order valence-electron chi connectivity index (χ3n) is 6.18. The summed E-state index contributed by atoms with van der Waals surface area (Å²) in [7, 11) is -4.00. The van der Waals surface area contributed by atoms with E-state index in [9.17, 15) is 13.2 Å². The van der Waals surface area contributed by atoms with Gasteiger partial charge >= 0.3 is 0 Å². The van der Waals surface area contributed by atoms with Crippen molar-refractivity contribution in [1.29, 1.82) is 0 Å². The van der Waals surface area contributed by atoms with Crippen LogP contribution in [0, 0.1) is 6.92 Å². The van der Waals surface area contributed by atoms with Crippen molar-refractivity contribution in [2.75, 3.05) is 4.31 Å². The Morgan fingerprint density at radius 3 is 2.14 bits per heavy atom. The molecule has 0 saturated heterocycles. The highest BCUT2D eigenvalue weighted by molar-refractivity contribution is 7.92. The van der Waals surface area contributed by atoms with Gasteiger partial charge in [0, 0.05) is 5.02 Å². The van der Waals surface area contributed by atoms with E-state index in [-0.39, 0.29) is 29.0 Å². The highest BCUT2D eigenvalue weighted by Gasteiger charge is 2.29. The van der Waals surface area contributed by atoms with Gasteiger partial charge in [0.2, 0.25) is 0 Å². The van der Waals surface area contributed by atoms with Gasteiger partial charge in [0.25, 0.3) is 15.9 Å². The molecule has 4 aromatic rings. The molecule has 4 rings (SSSR count). The Balaban J connectivity index is 1.76. The third-order valence-corrected chi connectivity index (χ3v) is 8.21. The van der Waals surface area contributed by atoms with Crippen LogP contribution in [0.4, 0.5) is 5.69 Å². The van der Waals surface area contributed by atoms with Crippen LogP contribution in [-0.2, 0) is 16.6 Å². The Labute approximate surface area is 223 Å². The molecule has 0 fully saturated rings. The van der Waals surface area contributed by atoms with Crippen LogP contribution in [0.1, 0.15) is 46.4 Å².